The predicted molar refractivity (Wildman–Crippen MR) is 70.6 cm³/mol. The molecular formula is C12H24N2S. The monoisotopic (exact) mass is 228 g/mol. The summed E-state index contributed by atoms with van der Waals surface area (Å²) in [6.45, 7) is 11.2. The number of rotatable bonds is 4. The van der Waals surface area contributed by atoms with Gasteiger partial charge in [-0.05, 0) is 25.7 Å². The lowest BCUT2D eigenvalue weighted by atomic mass is 9.96. The molecule has 1 rings (SSSR count). The second-order valence-electron chi connectivity index (χ2n) is 4.82. The van der Waals surface area contributed by atoms with E-state index >= 15 is 0 Å². The molecule has 1 aliphatic heterocycles. The number of thioether (sulfide) groups is 1. The minimum absolute atomic E-state index is 0.306. The van der Waals surface area contributed by atoms with E-state index in [4.69, 9.17) is 4.99 Å². The van der Waals surface area contributed by atoms with Gasteiger partial charge in [0.2, 0.25) is 0 Å². The minimum atomic E-state index is 0.306. The first kappa shape index (κ1) is 12.9. The topological polar surface area (TPSA) is 24.4 Å². The summed E-state index contributed by atoms with van der Waals surface area (Å²) in [6, 6.07) is 0.421. The van der Waals surface area contributed by atoms with Gasteiger partial charge in [-0.2, -0.15) is 0 Å². The highest BCUT2D eigenvalue weighted by Gasteiger charge is 2.33. The van der Waals surface area contributed by atoms with E-state index in [2.05, 4.69) is 39.9 Å². The average molecular weight is 228 g/mol. The third kappa shape index (κ3) is 3.13. The first-order chi connectivity index (χ1) is 7.03. The maximum Gasteiger partial charge on any atom is 0.157 e. The third-order valence-electron chi connectivity index (χ3n) is 3.50. The molecular weight excluding hydrogens is 204 g/mol. The van der Waals surface area contributed by atoms with E-state index in [-0.39, 0.29) is 0 Å². The fourth-order valence-electron chi connectivity index (χ4n) is 1.54. The summed E-state index contributed by atoms with van der Waals surface area (Å²) >= 11 is 1.88. The van der Waals surface area contributed by atoms with Crippen LogP contribution in [0.3, 0.4) is 0 Å². The maximum absolute atomic E-state index is 4.74. The molecule has 1 saturated heterocycles. The van der Waals surface area contributed by atoms with Gasteiger partial charge in [0.15, 0.2) is 5.17 Å². The summed E-state index contributed by atoms with van der Waals surface area (Å²) in [5, 5.41) is 4.76. The zero-order valence-corrected chi connectivity index (χ0v) is 11.4. The van der Waals surface area contributed by atoms with E-state index in [1.165, 1.54) is 18.6 Å². The molecule has 15 heavy (non-hydrogen) atoms. The van der Waals surface area contributed by atoms with Crippen LogP contribution in [0.1, 0.15) is 47.5 Å². The van der Waals surface area contributed by atoms with E-state index in [9.17, 15) is 0 Å². The second-order valence-corrected chi connectivity index (χ2v) is 5.78. The summed E-state index contributed by atoms with van der Waals surface area (Å²) in [4.78, 5) is 4.74. The molecule has 1 unspecified atom stereocenters. The molecule has 1 atom stereocenters. The second kappa shape index (κ2) is 5.24. The Kier molecular flexibility index (Phi) is 4.50. The molecule has 0 aromatic carbocycles. The van der Waals surface area contributed by atoms with Crippen LogP contribution in [0.2, 0.25) is 0 Å². The number of hydrogen-bond acceptors (Lipinski definition) is 2. The van der Waals surface area contributed by atoms with Gasteiger partial charge in [-0.25, -0.2) is 0 Å². The molecule has 3 heteroatoms. The lowest BCUT2D eigenvalue weighted by Crippen LogP contribution is -2.42. The van der Waals surface area contributed by atoms with Crippen molar-refractivity contribution < 1.29 is 0 Å². The fraction of sp³-hybridized carbons (Fsp3) is 0.917. The zero-order valence-electron chi connectivity index (χ0n) is 10.6. The Balaban J connectivity index is 2.62. The van der Waals surface area contributed by atoms with Gasteiger partial charge in [0.1, 0.15) is 0 Å². The van der Waals surface area contributed by atoms with Crippen LogP contribution < -0.4 is 5.32 Å². The Morgan fingerprint density at radius 3 is 2.33 bits per heavy atom. The van der Waals surface area contributed by atoms with Crippen LogP contribution in [0.5, 0.6) is 0 Å². The summed E-state index contributed by atoms with van der Waals surface area (Å²) in [5.74, 6) is 1.79. The molecule has 0 aliphatic carbocycles. The number of nitrogens with one attached hydrogen (secondary N) is 1. The van der Waals surface area contributed by atoms with Gasteiger partial charge in [0, 0.05) is 11.3 Å². The highest BCUT2D eigenvalue weighted by Crippen LogP contribution is 2.29. The summed E-state index contributed by atoms with van der Waals surface area (Å²) in [5.41, 5.74) is 0.306. The van der Waals surface area contributed by atoms with Crippen LogP contribution in [-0.2, 0) is 0 Å². The van der Waals surface area contributed by atoms with Crippen molar-refractivity contribution in [2.75, 3.05) is 5.75 Å². The molecule has 1 fully saturated rings. The third-order valence-corrected chi connectivity index (χ3v) is 4.67. The molecule has 2 nitrogen and oxygen atoms in total. The van der Waals surface area contributed by atoms with Crippen LogP contribution in [0.15, 0.2) is 4.99 Å². The van der Waals surface area contributed by atoms with Gasteiger partial charge in [-0.3, -0.25) is 4.99 Å². The van der Waals surface area contributed by atoms with Crippen molar-refractivity contribution in [1.29, 1.82) is 0 Å². The number of aliphatic imine (C=N–C) groups is 1. The van der Waals surface area contributed by atoms with Crippen molar-refractivity contribution in [2.24, 2.45) is 10.9 Å². The minimum Gasteiger partial charge on any atom is -0.359 e. The van der Waals surface area contributed by atoms with Crippen molar-refractivity contribution in [3.8, 4) is 0 Å². The summed E-state index contributed by atoms with van der Waals surface area (Å²) in [7, 11) is 0. The molecule has 0 amide bonds. The van der Waals surface area contributed by atoms with E-state index < -0.39 is 0 Å². The SMILES string of the molecule is CCC1(CC)CSC(=NC(C)C(C)C)N1. The summed E-state index contributed by atoms with van der Waals surface area (Å²) in [6.07, 6.45) is 2.37. The standard InChI is InChI=1S/C12H24N2S/c1-6-12(7-2)8-15-11(14-12)13-10(5)9(3)4/h9-10H,6-8H2,1-5H3,(H,13,14). The van der Waals surface area contributed by atoms with E-state index in [1.807, 2.05) is 11.8 Å². The van der Waals surface area contributed by atoms with Gasteiger partial charge in [-0.1, -0.05) is 39.5 Å². The van der Waals surface area contributed by atoms with E-state index in [0.29, 0.717) is 17.5 Å². The molecule has 1 aliphatic rings. The number of nitrogens with zero attached hydrogens (tertiary/aromatic N) is 1. The largest absolute Gasteiger partial charge is 0.359 e. The van der Waals surface area contributed by atoms with Crippen molar-refractivity contribution in [2.45, 2.75) is 59.0 Å². The van der Waals surface area contributed by atoms with Gasteiger partial charge < -0.3 is 5.32 Å². The molecule has 88 valence electrons. The Bertz CT molecular complexity index is 232. The normalized spacial score (nSPS) is 24.5. The smallest absolute Gasteiger partial charge is 0.157 e. The van der Waals surface area contributed by atoms with Gasteiger partial charge >= 0.3 is 0 Å². The van der Waals surface area contributed by atoms with Crippen molar-refractivity contribution in [3.63, 3.8) is 0 Å². The molecule has 1 heterocycles. The Morgan fingerprint density at radius 1 is 1.33 bits per heavy atom. The van der Waals surface area contributed by atoms with Crippen LogP contribution in [0.25, 0.3) is 0 Å². The average Bonchev–Trinajstić information content (AvgIpc) is 2.62. The molecule has 0 aromatic rings. The molecule has 0 aromatic heterocycles. The Morgan fingerprint density at radius 2 is 1.93 bits per heavy atom. The molecule has 0 bridgehead atoms. The highest BCUT2D eigenvalue weighted by molar-refractivity contribution is 8.14. The fourth-order valence-corrected chi connectivity index (χ4v) is 2.96. The predicted octanol–water partition coefficient (Wildman–Crippen LogP) is 3.28. The number of hydrogen-bond donors (Lipinski definition) is 1. The van der Waals surface area contributed by atoms with Crippen LogP contribution in [0, 0.1) is 5.92 Å². The Labute approximate surface area is 98.3 Å². The van der Waals surface area contributed by atoms with Crippen molar-refractivity contribution >= 4 is 16.9 Å². The summed E-state index contributed by atoms with van der Waals surface area (Å²) < 4.78 is 0. The van der Waals surface area contributed by atoms with Crippen LogP contribution >= 0.6 is 11.8 Å². The molecule has 0 spiro atoms. The van der Waals surface area contributed by atoms with Crippen molar-refractivity contribution in [1.82, 2.24) is 5.32 Å². The van der Waals surface area contributed by atoms with Gasteiger partial charge in [0.05, 0.1) is 6.04 Å². The molecule has 0 saturated carbocycles. The van der Waals surface area contributed by atoms with E-state index in [1.54, 1.807) is 0 Å². The zero-order chi connectivity index (χ0) is 11.5. The first-order valence-corrected chi connectivity index (χ1v) is 7.00. The molecule has 1 N–H and O–H groups in total. The van der Waals surface area contributed by atoms with Gasteiger partial charge in [-0.15, -0.1) is 0 Å². The van der Waals surface area contributed by atoms with Crippen molar-refractivity contribution in [3.05, 3.63) is 0 Å². The Hall–Kier alpha value is -0.180. The lowest BCUT2D eigenvalue weighted by Gasteiger charge is -2.25. The van der Waals surface area contributed by atoms with Gasteiger partial charge in [0.25, 0.3) is 0 Å². The molecule has 0 radical (unpaired) electrons. The lowest BCUT2D eigenvalue weighted by molar-refractivity contribution is 0.406. The maximum atomic E-state index is 4.74. The quantitative estimate of drug-likeness (QED) is 0.798. The number of amidine groups is 1. The van der Waals surface area contributed by atoms with Crippen LogP contribution in [0.4, 0.5) is 0 Å². The van der Waals surface area contributed by atoms with Crippen LogP contribution in [-0.4, -0.2) is 22.5 Å². The first-order valence-electron chi connectivity index (χ1n) is 6.01. The van der Waals surface area contributed by atoms with E-state index in [0.717, 1.165) is 5.17 Å². The highest BCUT2D eigenvalue weighted by atomic mass is 32.2.